The number of rotatable bonds is 7. The molecule has 2 rings (SSSR count). The summed E-state index contributed by atoms with van der Waals surface area (Å²) in [5.41, 5.74) is 1.38. The molecule has 0 aliphatic carbocycles. The second kappa shape index (κ2) is 9.52. The molecule has 0 aliphatic rings. The smallest absolute Gasteiger partial charge is 0.258 e. The first-order chi connectivity index (χ1) is 13.3. The number of azo groups is 1. The van der Waals surface area contributed by atoms with Gasteiger partial charge in [0.2, 0.25) is 6.04 Å². The Kier molecular flexibility index (Phi) is 7.37. The van der Waals surface area contributed by atoms with Gasteiger partial charge in [-0.15, -0.1) is 0 Å². The maximum absolute atomic E-state index is 12.6. The van der Waals surface area contributed by atoms with Crippen LogP contribution in [0, 0.1) is 6.92 Å². The maximum Gasteiger partial charge on any atom is 0.258 e. The van der Waals surface area contributed by atoms with E-state index in [0.29, 0.717) is 22.2 Å². The van der Waals surface area contributed by atoms with Gasteiger partial charge in [0, 0.05) is 12.1 Å². The second-order valence-corrected chi connectivity index (χ2v) is 6.60. The lowest BCUT2D eigenvalue weighted by molar-refractivity contribution is -0.126. The Balaban J connectivity index is 2.32. The lowest BCUT2D eigenvalue weighted by Crippen LogP contribution is -2.32. The van der Waals surface area contributed by atoms with Crippen molar-refractivity contribution in [2.75, 3.05) is 19.5 Å². The van der Waals surface area contributed by atoms with Crippen molar-refractivity contribution in [3.63, 3.8) is 0 Å². The number of ketones is 1. The molecule has 0 saturated carbocycles. The molecule has 0 radical (unpaired) electrons. The molecule has 0 bridgehead atoms. The van der Waals surface area contributed by atoms with Crippen molar-refractivity contribution < 1.29 is 19.1 Å². The summed E-state index contributed by atoms with van der Waals surface area (Å²) in [6.45, 7) is 3.04. The minimum absolute atomic E-state index is 0.165. The highest BCUT2D eigenvalue weighted by molar-refractivity contribution is 6.35. The molecule has 148 valence electrons. The van der Waals surface area contributed by atoms with Gasteiger partial charge in [0.1, 0.15) is 22.2 Å². The van der Waals surface area contributed by atoms with E-state index in [-0.39, 0.29) is 10.7 Å². The summed E-state index contributed by atoms with van der Waals surface area (Å²) in [6, 6.07) is 6.92. The highest BCUT2D eigenvalue weighted by atomic mass is 35.5. The summed E-state index contributed by atoms with van der Waals surface area (Å²) in [7, 11) is 2.90. The Hall–Kier alpha value is -2.64. The van der Waals surface area contributed by atoms with Crippen LogP contribution < -0.4 is 14.8 Å². The Morgan fingerprint density at radius 2 is 1.86 bits per heavy atom. The summed E-state index contributed by atoms with van der Waals surface area (Å²) >= 11 is 12.3. The van der Waals surface area contributed by atoms with Crippen LogP contribution in [0.5, 0.6) is 11.5 Å². The number of nitrogens with zero attached hydrogens (tertiary/aromatic N) is 2. The largest absolute Gasteiger partial charge is 0.497 e. The fourth-order valence-corrected chi connectivity index (χ4v) is 2.81. The van der Waals surface area contributed by atoms with Crippen LogP contribution in [0.1, 0.15) is 12.5 Å². The van der Waals surface area contributed by atoms with Gasteiger partial charge in [-0.05, 0) is 25.5 Å². The number of carbonyl (C=O) groups is 2. The van der Waals surface area contributed by atoms with Gasteiger partial charge in [-0.3, -0.25) is 9.59 Å². The number of methoxy groups -OCH3 is 2. The number of Topliss-reactive ketones (excluding diaryl/α,β-unsaturated/α-hetero) is 1. The molecule has 1 unspecified atom stereocenters. The number of hydrogen-bond donors (Lipinski definition) is 1. The highest BCUT2D eigenvalue weighted by Crippen LogP contribution is 2.36. The average molecular weight is 424 g/mol. The minimum atomic E-state index is -1.37. The van der Waals surface area contributed by atoms with E-state index in [2.05, 4.69) is 15.5 Å². The molecule has 28 heavy (non-hydrogen) atoms. The van der Waals surface area contributed by atoms with Crippen LogP contribution in [0.15, 0.2) is 40.6 Å². The number of nitrogens with one attached hydrogen (secondary N) is 1. The molecule has 0 aliphatic heterocycles. The van der Waals surface area contributed by atoms with Gasteiger partial charge in [-0.1, -0.05) is 35.3 Å². The molecular formula is C19H19Cl2N3O4. The van der Waals surface area contributed by atoms with E-state index < -0.39 is 17.7 Å². The average Bonchev–Trinajstić information content (AvgIpc) is 2.65. The Morgan fingerprint density at radius 3 is 2.43 bits per heavy atom. The first-order valence-corrected chi connectivity index (χ1v) is 8.92. The molecule has 2 aromatic carbocycles. The predicted molar refractivity (Wildman–Crippen MR) is 108 cm³/mol. The Bertz CT molecular complexity index is 911. The maximum atomic E-state index is 12.6. The minimum Gasteiger partial charge on any atom is -0.497 e. The number of hydrogen-bond acceptors (Lipinski definition) is 6. The van der Waals surface area contributed by atoms with E-state index in [1.807, 2.05) is 0 Å². The van der Waals surface area contributed by atoms with Gasteiger partial charge in [-0.2, -0.15) is 10.2 Å². The summed E-state index contributed by atoms with van der Waals surface area (Å²) in [5.74, 6) is -0.455. The third kappa shape index (κ3) is 4.99. The number of halogens is 2. The molecule has 1 N–H and O–H groups in total. The Morgan fingerprint density at radius 1 is 1.14 bits per heavy atom. The summed E-state index contributed by atoms with van der Waals surface area (Å²) in [4.78, 5) is 24.6. The third-order valence-corrected chi connectivity index (χ3v) is 4.52. The molecule has 1 atom stereocenters. The van der Waals surface area contributed by atoms with Gasteiger partial charge in [0.15, 0.2) is 5.78 Å². The molecular weight excluding hydrogens is 405 g/mol. The van der Waals surface area contributed by atoms with Crippen molar-refractivity contribution in [1.82, 2.24) is 0 Å². The monoisotopic (exact) mass is 423 g/mol. The summed E-state index contributed by atoms with van der Waals surface area (Å²) in [6.07, 6.45) is 0. The van der Waals surface area contributed by atoms with Gasteiger partial charge in [0.05, 0.1) is 24.9 Å². The van der Waals surface area contributed by atoms with Crippen LogP contribution in [0.3, 0.4) is 0 Å². The van der Waals surface area contributed by atoms with Crippen molar-refractivity contribution in [3.8, 4) is 11.5 Å². The van der Waals surface area contributed by atoms with Crippen LogP contribution in [-0.2, 0) is 9.59 Å². The number of ether oxygens (including phenoxy) is 2. The fraction of sp³-hybridized carbons (Fsp3) is 0.263. The van der Waals surface area contributed by atoms with Gasteiger partial charge in [0.25, 0.3) is 5.91 Å². The molecule has 0 aromatic heterocycles. The van der Waals surface area contributed by atoms with Crippen LogP contribution in [0.4, 0.5) is 11.4 Å². The summed E-state index contributed by atoms with van der Waals surface area (Å²) < 4.78 is 10.3. The standard InChI is InChI=1S/C19H19Cl2N3O4/c1-10-6-5-7-13(20)17(10)23-24-18(11(2)25)19(26)22-14-8-12(27-3)9-15(28-4)16(14)21/h5-9,18H,1-4H3,(H,22,26). The molecule has 0 heterocycles. The van der Waals surface area contributed by atoms with E-state index in [4.69, 9.17) is 32.7 Å². The lowest BCUT2D eigenvalue weighted by atomic mass is 10.2. The van der Waals surface area contributed by atoms with Crippen molar-refractivity contribution >= 4 is 46.3 Å². The van der Waals surface area contributed by atoms with Crippen LogP contribution in [-0.4, -0.2) is 32.0 Å². The van der Waals surface area contributed by atoms with E-state index in [0.717, 1.165) is 5.56 Å². The normalized spacial score (nSPS) is 11.9. The molecule has 0 fully saturated rings. The van der Waals surface area contributed by atoms with Crippen LogP contribution in [0.2, 0.25) is 10.0 Å². The zero-order valence-electron chi connectivity index (χ0n) is 15.7. The molecule has 1 amide bonds. The van der Waals surface area contributed by atoms with Crippen LogP contribution >= 0.6 is 23.2 Å². The van der Waals surface area contributed by atoms with Gasteiger partial charge < -0.3 is 14.8 Å². The fourth-order valence-electron chi connectivity index (χ4n) is 2.31. The third-order valence-electron chi connectivity index (χ3n) is 3.82. The van der Waals surface area contributed by atoms with Crippen molar-refractivity contribution in [2.24, 2.45) is 10.2 Å². The first kappa shape index (κ1) is 21.7. The van der Waals surface area contributed by atoms with E-state index in [1.54, 1.807) is 31.2 Å². The summed E-state index contributed by atoms with van der Waals surface area (Å²) in [5, 5.41) is 11.0. The van der Waals surface area contributed by atoms with E-state index in [9.17, 15) is 9.59 Å². The number of benzene rings is 2. The first-order valence-electron chi connectivity index (χ1n) is 8.17. The molecule has 7 nitrogen and oxygen atoms in total. The predicted octanol–water partition coefficient (Wildman–Crippen LogP) is 5.00. The zero-order chi connectivity index (χ0) is 20.8. The van der Waals surface area contributed by atoms with E-state index >= 15 is 0 Å². The number of aryl methyl sites for hydroxylation is 1. The van der Waals surface area contributed by atoms with Crippen LogP contribution in [0.25, 0.3) is 0 Å². The number of amides is 1. The molecule has 2 aromatic rings. The SMILES string of the molecule is COc1cc(NC(=O)C(N=Nc2c(C)cccc2Cl)C(C)=O)c(Cl)c(OC)c1. The van der Waals surface area contributed by atoms with Crippen molar-refractivity contribution in [1.29, 1.82) is 0 Å². The van der Waals surface area contributed by atoms with Gasteiger partial charge in [-0.25, -0.2) is 0 Å². The van der Waals surface area contributed by atoms with Gasteiger partial charge >= 0.3 is 0 Å². The molecule has 0 spiro atoms. The molecule has 9 heteroatoms. The highest BCUT2D eigenvalue weighted by Gasteiger charge is 2.25. The second-order valence-electron chi connectivity index (χ2n) is 5.81. The number of anilines is 1. The lowest BCUT2D eigenvalue weighted by Gasteiger charge is -2.14. The topological polar surface area (TPSA) is 89.4 Å². The van der Waals surface area contributed by atoms with Crippen molar-refractivity contribution in [2.45, 2.75) is 19.9 Å². The van der Waals surface area contributed by atoms with Crippen molar-refractivity contribution in [3.05, 3.63) is 45.9 Å². The quantitative estimate of drug-likeness (QED) is 0.501. The molecule has 0 saturated heterocycles. The number of carbonyl (C=O) groups excluding carboxylic acids is 2. The van der Waals surface area contributed by atoms with E-state index in [1.165, 1.54) is 27.2 Å². The zero-order valence-corrected chi connectivity index (χ0v) is 17.3. The Labute approximate surface area is 172 Å².